The van der Waals surface area contributed by atoms with E-state index >= 15 is 0 Å². The minimum Gasteiger partial charge on any atom is -0.385 e. The highest BCUT2D eigenvalue weighted by Gasteiger charge is 2.11. The molecule has 0 spiro atoms. The highest BCUT2D eigenvalue weighted by Crippen LogP contribution is 2.21. The molecule has 2 nitrogen and oxygen atoms in total. The highest BCUT2D eigenvalue weighted by atomic mass is 19.1. The van der Waals surface area contributed by atoms with E-state index < -0.39 is 0 Å². The van der Waals surface area contributed by atoms with Crippen LogP contribution < -0.4 is 5.32 Å². The van der Waals surface area contributed by atoms with Gasteiger partial charge in [-0.2, -0.15) is 0 Å². The fourth-order valence-electron chi connectivity index (χ4n) is 2.05. The maximum atomic E-state index is 12.9. The Labute approximate surface area is 110 Å². The molecule has 0 saturated heterocycles. The van der Waals surface area contributed by atoms with Crippen molar-refractivity contribution in [1.82, 2.24) is 5.32 Å². The van der Waals surface area contributed by atoms with Crippen LogP contribution in [-0.4, -0.2) is 26.8 Å². The van der Waals surface area contributed by atoms with E-state index in [9.17, 15) is 4.39 Å². The van der Waals surface area contributed by atoms with Gasteiger partial charge in [0.1, 0.15) is 5.82 Å². The average molecular weight is 253 g/mol. The molecule has 0 aliphatic rings. The van der Waals surface area contributed by atoms with Crippen LogP contribution in [0.25, 0.3) is 0 Å². The molecule has 0 heterocycles. The molecular formula is C15H24FNO. The second-order valence-corrected chi connectivity index (χ2v) is 4.59. The summed E-state index contributed by atoms with van der Waals surface area (Å²) in [7, 11) is 1.72. The van der Waals surface area contributed by atoms with Crippen molar-refractivity contribution < 1.29 is 9.13 Å². The highest BCUT2D eigenvalue weighted by molar-refractivity contribution is 5.20. The SMILES string of the molecule is CCCNCC(CCCOC)c1ccc(F)cc1. The Morgan fingerprint density at radius 3 is 2.61 bits per heavy atom. The number of ether oxygens (including phenoxy) is 1. The third kappa shape index (κ3) is 5.61. The Hall–Kier alpha value is -0.930. The van der Waals surface area contributed by atoms with Crippen LogP contribution in [0.1, 0.15) is 37.7 Å². The number of halogens is 1. The number of hydrogen-bond acceptors (Lipinski definition) is 2. The number of hydrogen-bond donors (Lipinski definition) is 1. The monoisotopic (exact) mass is 253 g/mol. The number of nitrogens with one attached hydrogen (secondary N) is 1. The Morgan fingerprint density at radius 1 is 1.28 bits per heavy atom. The minimum atomic E-state index is -0.170. The lowest BCUT2D eigenvalue weighted by atomic mass is 9.94. The second-order valence-electron chi connectivity index (χ2n) is 4.59. The summed E-state index contributed by atoms with van der Waals surface area (Å²) in [5, 5.41) is 3.44. The maximum absolute atomic E-state index is 12.9. The third-order valence-electron chi connectivity index (χ3n) is 3.06. The first kappa shape index (κ1) is 15.1. The van der Waals surface area contributed by atoms with E-state index in [0.717, 1.165) is 39.0 Å². The van der Waals surface area contributed by atoms with Gasteiger partial charge in [-0.3, -0.25) is 0 Å². The lowest BCUT2D eigenvalue weighted by molar-refractivity contribution is 0.190. The quantitative estimate of drug-likeness (QED) is 0.682. The molecule has 1 aromatic rings. The summed E-state index contributed by atoms with van der Waals surface area (Å²) < 4.78 is 18.0. The van der Waals surface area contributed by atoms with Gasteiger partial charge < -0.3 is 10.1 Å². The summed E-state index contributed by atoms with van der Waals surface area (Å²) in [6.45, 7) is 4.92. The van der Waals surface area contributed by atoms with Gasteiger partial charge in [0.15, 0.2) is 0 Å². The van der Waals surface area contributed by atoms with Gasteiger partial charge in [-0.05, 0) is 49.4 Å². The second kappa shape index (κ2) is 9.06. The molecule has 1 unspecified atom stereocenters. The maximum Gasteiger partial charge on any atom is 0.123 e. The van der Waals surface area contributed by atoms with E-state index in [1.165, 1.54) is 5.56 Å². The lowest BCUT2D eigenvalue weighted by Crippen LogP contribution is -2.22. The van der Waals surface area contributed by atoms with Crippen molar-refractivity contribution in [2.75, 3.05) is 26.8 Å². The van der Waals surface area contributed by atoms with Gasteiger partial charge >= 0.3 is 0 Å². The van der Waals surface area contributed by atoms with Gasteiger partial charge in [0.05, 0.1) is 0 Å². The summed E-state index contributed by atoms with van der Waals surface area (Å²) in [6, 6.07) is 6.86. The largest absolute Gasteiger partial charge is 0.385 e. The molecule has 102 valence electrons. The van der Waals surface area contributed by atoms with Crippen molar-refractivity contribution in [1.29, 1.82) is 0 Å². The van der Waals surface area contributed by atoms with Crippen molar-refractivity contribution in [2.45, 2.75) is 32.1 Å². The number of benzene rings is 1. The van der Waals surface area contributed by atoms with Gasteiger partial charge in [-0.15, -0.1) is 0 Å². The van der Waals surface area contributed by atoms with Crippen LogP contribution in [-0.2, 0) is 4.74 Å². The Morgan fingerprint density at radius 2 is 2.00 bits per heavy atom. The number of methoxy groups -OCH3 is 1. The molecule has 3 heteroatoms. The van der Waals surface area contributed by atoms with Crippen molar-refractivity contribution in [3.05, 3.63) is 35.6 Å². The van der Waals surface area contributed by atoms with E-state index in [-0.39, 0.29) is 5.82 Å². The summed E-state index contributed by atoms with van der Waals surface area (Å²) in [4.78, 5) is 0. The van der Waals surface area contributed by atoms with Crippen molar-refractivity contribution in [3.63, 3.8) is 0 Å². The minimum absolute atomic E-state index is 0.170. The van der Waals surface area contributed by atoms with Crippen molar-refractivity contribution in [2.24, 2.45) is 0 Å². The van der Waals surface area contributed by atoms with Gasteiger partial charge in [0, 0.05) is 20.3 Å². The molecule has 1 aromatic carbocycles. The fourth-order valence-corrected chi connectivity index (χ4v) is 2.05. The zero-order valence-corrected chi connectivity index (χ0v) is 11.4. The molecule has 1 N–H and O–H groups in total. The molecule has 1 rings (SSSR count). The van der Waals surface area contributed by atoms with E-state index in [2.05, 4.69) is 12.2 Å². The van der Waals surface area contributed by atoms with Crippen LogP contribution in [0, 0.1) is 5.82 Å². The molecule has 0 aromatic heterocycles. The summed E-state index contributed by atoms with van der Waals surface area (Å²) in [5.41, 5.74) is 1.20. The predicted molar refractivity (Wildman–Crippen MR) is 73.4 cm³/mol. The Balaban J connectivity index is 2.54. The topological polar surface area (TPSA) is 21.3 Å². The smallest absolute Gasteiger partial charge is 0.123 e. The van der Waals surface area contributed by atoms with Crippen LogP contribution in [0.4, 0.5) is 4.39 Å². The molecular weight excluding hydrogens is 229 g/mol. The van der Waals surface area contributed by atoms with Gasteiger partial charge in [-0.1, -0.05) is 19.1 Å². The van der Waals surface area contributed by atoms with Gasteiger partial charge in [-0.25, -0.2) is 4.39 Å². The molecule has 18 heavy (non-hydrogen) atoms. The van der Waals surface area contributed by atoms with E-state index in [1.54, 1.807) is 19.2 Å². The first-order valence-electron chi connectivity index (χ1n) is 6.73. The first-order chi connectivity index (χ1) is 8.77. The Kier molecular flexibility index (Phi) is 7.62. The molecule has 0 amide bonds. The average Bonchev–Trinajstić information content (AvgIpc) is 2.38. The first-order valence-corrected chi connectivity index (χ1v) is 6.73. The summed E-state index contributed by atoms with van der Waals surface area (Å²) >= 11 is 0. The summed E-state index contributed by atoms with van der Waals surface area (Å²) in [5.74, 6) is 0.267. The van der Waals surface area contributed by atoms with Crippen molar-refractivity contribution in [3.8, 4) is 0 Å². The zero-order valence-electron chi connectivity index (χ0n) is 11.4. The molecule has 1 atom stereocenters. The molecule has 0 bridgehead atoms. The zero-order chi connectivity index (χ0) is 13.2. The number of rotatable bonds is 9. The molecule has 0 saturated carbocycles. The van der Waals surface area contributed by atoms with Crippen LogP contribution in [0.3, 0.4) is 0 Å². The van der Waals surface area contributed by atoms with Gasteiger partial charge in [0.25, 0.3) is 0 Å². The predicted octanol–water partition coefficient (Wildman–Crippen LogP) is 3.34. The summed E-state index contributed by atoms with van der Waals surface area (Å²) in [6.07, 6.45) is 3.23. The molecule has 0 radical (unpaired) electrons. The standard InChI is InChI=1S/C15H24FNO/c1-3-10-17-12-14(5-4-11-18-2)13-6-8-15(16)9-7-13/h6-9,14,17H,3-5,10-12H2,1-2H3. The van der Waals surface area contributed by atoms with E-state index in [4.69, 9.17) is 4.74 Å². The van der Waals surface area contributed by atoms with Crippen LogP contribution in [0.5, 0.6) is 0 Å². The van der Waals surface area contributed by atoms with E-state index in [1.807, 2.05) is 12.1 Å². The van der Waals surface area contributed by atoms with Crippen LogP contribution >= 0.6 is 0 Å². The molecule has 0 aliphatic carbocycles. The molecule has 0 fully saturated rings. The van der Waals surface area contributed by atoms with Crippen LogP contribution in [0.15, 0.2) is 24.3 Å². The van der Waals surface area contributed by atoms with Crippen LogP contribution in [0.2, 0.25) is 0 Å². The third-order valence-corrected chi connectivity index (χ3v) is 3.06. The normalized spacial score (nSPS) is 12.6. The molecule has 0 aliphatic heterocycles. The fraction of sp³-hybridized carbons (Fsp3) is 0.600. The Bertz CT molecular complexity index is 303. The van der Waals surface area contributed by atoms with Crippen molar-refractivity contribution >= 4 is 0 Å². The van der Waals surface area contributed by atoms with Gasteiger partial charge in [0.2, 0.25) is 0 Å². The lowest BCUT2D eigenvalue weighted by Gasteiger charge is -2.18. The van der Waals surface area contributed by atoms with E-state index in [0.29, 0.717) is 5.92 Å².